The van der Waals surface area contributed by atoms with Crippen LogP contribution in [0.1, 0.15) is 6.04 Å². The summed E-state index contributed by atoms with van der Waals surface area (Å²) in [5.74, 6) is 0.864. The van der Waals surface area contributed by atoms with Crippen LogP contribution < -0.4 is 9.47 Å². The number of hydrogen-bond acceptors (Lipinski definition) is 6. The van der Waals surface area contributed by atoms with Crippen molar-refractivity contribution >= 4 is 10.0 Å². The van der Waals surface area contributed by atoms with Crippen molar-refractivity contribution in [1.82, 2.24) is 19.3 Å². The maximum atomic E-state index is 12.9. The molecule has 2 aromatic carbocycles. The predicted octanol–water partition coefficient (Wildman–Crippen LogP) is 2.21. The lowest BCUT2D eigenvalue weighted by Gasteiger charge is -2.37. The molecule has 0 aliphatic carbocycles. The summed E-state index contributed by atoms with van der Waals surface area (Å²) < 4.78 is 39.3. The van der Waals surface area contributed by atoms with Crippen LogP contribution >= 0.6 is 0 Å². The van der Waals surface area contributed by atoms with Crippen molar-refractivity contribution in [2.75, 3.05) is 27.3 Å². The molecule has 1 aliphatic rings. The van der Waals surface area contributed by atoms with Crippen molar-refractivity contribution in [3.05, 3.63) is 54.7 Å². The maximum absolute atomic E-state index is 12.9. The topological polar surface area (TPSA) is 86.6 Å². The van der Waals surface area contributed by atoms with Gasteiger partial charge in [-0.3, -0.25) is 0 Å². The Morgan fingerprint density at radius 1 is 1.00 bits per heavy atom. The van der Waals surface area contributed by atoms with Gasteiger partial charge in [-0.05, 0) is 12.1 Å². The Bertz CT molecular complexity index is 1080. The summed E-state index contributed by atoms with van der Waals surface area (Å²) in [6, 6.07) is 14.3. The van der Waals surface area contributed by atoms with Crippen molar-refractivity contribution in [3.8, 4) is 22.8 Å². The van der Waals surface area contributed by atoms with E-state index in [1.165, 1.54) is 30.7 Å². The van der Waals surface area contributed by atoms with E-state index >= 15 is 0 Å². The standard InChI is InChI=1S/C19H20N4O4S/c1-26-18-9-8-16(10-19(18)27-2)28(24,25)22-11-15(12-22)23-13-17(20-21-23)14-6-4-3-5-7-14/h3-10,13,15H,11-12H2,1-2H3. The number of rotatable bonds is 6. The quantitative estimate of drug-likeness (QED) is 0.631. The third kappa shape index (κ3) is 3.23. The molecule has 0 bridgehead atoms. The van der Waals surface area contributed by atoms with E-state index in [4.69, 9.17) is 9.47 Å². The first-order valence-corrected chi connectivity index (χ1v) is 10.2. The van der Waals surface area contributed by atoms with E-state index in [0.29, 0.717) is 24.6 Å². The highest BCUT2D eigenvalue weighted by molar-refractivity contribution is 7.89. The zero-order valence-corrected chi connectivity index (χ0v) is 16.3. The highest BCUT2D eigenvalue weighted by Crippen LogP contribution is 2.33. The second kappa shape index (κ2) is 7.25. The Hall–Kier alpha value is -2.91. The van der Waals surface area contributed by atoms with E-state index < -0.39 is 10.0 Å². The first kappa shape index (κ1) is 18.5. The van der Waals surface area contributed by atoms with Gasteiger partial charge in [0.2, 0.25) is 10.0 Å². The number of aromatic nitrogens is 3. The third-order valence-electron chi connectivity index (χ3n) is 4.78. The van der Waals surface area contributed by atoms with E-state index in [1.807, 2.05) is 36.5 Å². The molecular weight excluding hydrogens is 380 g/mol. The maximum Gasteiger partial charge on any atom is 0.243 e. The SMILES string of the molecule is COc1ccc(S(=O)(=O)N2CC(n3cc(-c4ccccc4)nn3)C2)cc1OC. The van der Waals surface area contributed by atoms with Crippen LogP contribution in [-0.4, -0.2) is 55.0 Å². The van der Waals surface area contributed by atoms with Gasteiger partial charge in [-0.1, -0.05) is 35.5 Å². The van der Waals surface area contributed by atoms with Crippen LogP contribution in [0.3, 0.4) is 0 Å². The Balaban J connectivity index is 1.48. The summed E-state index contributed by atoms with van der Waals surface area (Å²) in [4.78, 5) is 0.173. The summed E-state index contributed by atoms with van der Waals surface area (Å²) in [6.45, 7) is 0.683. The molecule has 1 fully saturated rings. The molecule has 28 heavy (non-hydrogen) atoms. The summed E-state index contributed by atoms with van der Waals surface area (Å²) >= 11 is 0. The highest BCUT2D eigenvalue weighted by atomic mass is 32.2. The van der Waals surface area contributed by atoms with Crippen molar-refractivity contribution in [1.29, 1.82) is 0 Å². The highest BCUT2D eigenvalue weighted by Gasteiger charge is 2.38. The van der Waals surface area contributed by atoms with E-state index in [-0.39, 0.29) is 10.9 Å². The van der Waals surface area contributed by atoms with Gasteiger partial charge in [0.15, 0.2) is 11.5 Å². The summed E-state index contributed by atoms with van der Waals surface area (Å²) in [5, 5.41) is 8.35. The lowest BCUT2D eigenvalue weighted by atomic mass is 10.1. The molecule has 8 nitrogen and oxygen atoms in total. The largest absolute Gasteiger partial charge is 0.493 e. The summed E-state index contributed by atoms with van der Waals surface area (Å²) in [5.41, 5.74) is 1.74. The monoisotopic (exact) mass is 400 g/mol. The van der Waals surface area contributed by atoms with Gasteiger partial charge in [-0.2, -0.15) is 4.31 Å². The lowest BCUT2D eigenvalue weighted by Crippen LogP contribution is -2.50. The Morgan fingerprint density at radius 3 is 2.39 bits per heavy atom. The molecule has 3 aromatic rings. The van der Waals surface area contributed by atoms with Crippen LogP contribution in [0, 0.1) is 0 Å². The molecule has 2 heterocycles. The number of benzene rings is 2. The van der Waals surface area contributed by atoms with Crippen LogP contribution in [0.15, 0.2) is 59.6 Å². The number of methoxy groups -OCH3 is 2. The lowest BCUT2D eigenvalue weighted by molar-refractivity contribution is 0.189. The Kier molecular flexibility index (Phi) is 4.78. The fourth-order valence-corrected chi connectivity index (χ4v) is 4.63. The van der Waals surface area contributed by atoms with Gasteiger partial charge in [0.1, 0.15) is 5.69 Å². The van der Waals surface area contributed by atoms with Gasteiger partial charge >= 0.3 is 0 Å². The van der Waals surface area contributed by atoms with Gasteiger partial charge < -0.3 is 9.47 Å². The van der Waals surface area contributed by atoms with E-state index in [2.05, 4.69) is 10.3 Å². The molecule has 0 N–H and O–H groups in total. The molecule has 1 saturated heterocycles. The Morgan fingerprint density at radius 2 is 1.71 bits per heavy atom. The number of hydrogen-bond donors (Lipinski definition) is 0. The van der Waals surface area contributed by atoms with Gasteiger partial charge in [-0.25, -0.2) is 13.1 Å². The molecule has 0 radical (unpaired) electrons. The van der Waals surface area contributed by atoms with Gasteiger partial charge in [0.25, 0.3) is 0 Å². The predicted molar refractivity (Wildman–Crippen MR) is 103 cm³/mol. The van der Waals surface area contributed by atoms with Crippen molar-refractivity contribution in [2.24, 2.45) is 0 Å². The molecule has 0 spiro atoms. The normalized spacial score (nSPS) is 15.2. The molecule has 146 valence electrons. The molecule has 0 saturated carbocycles. The zero-order chi connectivity index (χ0) is 19.7. The van der Waals surface area contributed by atoms with E-state index in [9.17, 15) is 8.42 Å². The van der Waals surface area contributed by atoms with Crippen LogP contribution in [-0.2, 0) is 10.0 Å². The van der Waals surface area contributed by atoms with E-state index in [1.54, 1.807) is 10.7 Å². The minimum absolute atomic E-state index is 0.0418. The van der Waals surface area contributed by atoms with Gasteiger partial charge in [-0.15, -0.1) is 5.10 Å². The fraction of sp³-hybridized carbons (Fsp3) is 0.263. The first-order chi connectivity index (χ1) is 13.5. The van der Waals surface area contributed by atoms with Gasteiger partial charge in [0.05, 0.1) is 31.4 Å². The Labute approximate surface area is 163 Å². The second-order valence-corrected chi connectivity index (χ2v) is 8.38. The summed E-state index contributed by atoms with van der Waals surface area (Å²) in [6.07, 6.45) is 1.85. The minimum Gasteiger partial charge on any atom is -0.493 e. The molecule has 0 atom stereocenters. The minimum atomic E-state index is -3.61. The molecule has 4 rings (SSSR count). The molecule has 0 amide bonds. The van der Waals surface area contributed by atoms with E-state index in [0.717, 1.165) is 11.3 Å². The van der Waals surface area contributed by atoms with Crippen molar-refractivity contribution in [2.45, 2.75) is 10.9 Å². The average Bonchev–Trinajstić information content (AvgIpc) is 3.16. The van der Waals surface area contributed by atoms with Crippen LogP contribution in [0.25, 0.3) is 11.3 Å². The molecular formula is C19H20N4O4S. The molecule has 0 unspecified atom stereocenters. The van der Waals surface area contributed by atoms with Gasteiger partial charge in [0, 0.05) is 24.7 Å². The smallest absolute Gasteiger partial charge is 0.243 e. The molecule has 1 aliphatic heterocycles. The van der Waals surface area contributed by atoms with Crippen molar-refractivity contribution < 1.29 is 17.9 Å². The zero-order valence-electron chi connectivity index (χ0n) is 15.5. The average molecular weight is 400 g/mol. The van der Waals surface area contributed by atoms with Crippen LogP contribution in [0.2, 0.25) is 0 Å². The van der Waals surface area contributed by atoms with Crippen molar-refractivity contribution in [3.63, 3.8) is 0 Å². The first-order valence-electron chi connectivity index (χ1n) is 8.72. The fourth-order valence-electron chi connectivity index (χ4n) is 3.10. The summed E-state index contributed by atoms with van der Waals surface area (Å²) in [7, 11) is -0.627. The van der Waals surface area contributed by atoms with Crippen LogP contribution in [0.5, 0.6) is 11.5 Å². The van der Waals surface area contributed by atoms with Crippen LogP contribution in [0.4, 0.5) is 0 Å². The second-order valence-electron chi connectivity index (χ2n) is 6.44. The third-order valence-corrected chi connectivity index (χ3v) is 6.60. The molecule has 1 aromatic heterocycles. The molecule has 9 heteroatoms. The number of ether oxygens (including phenoxy) is 2. The number of nitrogens with zero attached hydrogens (tertiary/aromatic N) is 4. The number of sulfonamides is 1.